The molecular weight excluding hydrogens is 434 g/mol. The van der Waals surface area contributed by atoms with Gasteiger partial charge in [0.05, 0.1) is 12.0 Å². The second kappa shape index (κ2) is 10.8. The molecule has 3 aromatic carbocycles. The Hall–Kier alpha value is -4.64. The zero-order chi connectivity index (χ0) is 24.7. The van der Waals surface area contributed by atoms with Crippen LogP contribution < -0.4 is 14.8 Å². The van der Waals surface area contributed by atoms with Crippen molar-refractivity contribution >= 4 is 23.4 Å². The maximum atomic E-state index is 12.8. The molecule has 0 unspecified atom stereocenters. The molecule has 0 aromatic heterocycles. The van der Waals surface area contributed by atoms with Crippen LogP contribution in [0.15, 0.2) is 66.2 Å². The molecule has 34 heavy (non-hydrogen) atoms. The average Bonchev–Trinajstić information content (AvgIpc) is 2.83. The first-order valence-corrected chi connectivity index (χ1v) is 10.3. The molecule has 0 spiro atoms. The highest BCUT2D eigenvalue weighted by Gasteiger charge is 2.14. The van der Waals surface area contributed by atoms with Crippen LogP contribution in [0.4, 0.5) is 11.4 Å². The predicted molar refractivity (Wildman–Crippen MR) is 129 cm³/mol. The van der Waals surface area contributed by atoms with E-state index in [1.54, 1.807) is 30.3 Å². The standard InChI is InChI=1S/C26H23N3O5/c1-17-7-8-18(2)24(11-17)28-26(30)21(15-27)13-20-9-10-23(33-3)14-25(20)34-16-19-5-4-6-22(12-19)29(31)32/h4-14H,16H2,1-3H3,(H,28,30)/b21-13+. The summed E-state index contributed by atoms with van der Waals surface area (Å²) in [6.07, 6.45) is 1.43. The summed E-state index contributed by atoms with van der Waals surface area (Å²) in [4.78, 5) is 23.3. The van der Waals surface area contributed by atoms with Crippen LogP contribution in [0.3, 0.4) is 0 Å². The van der Waals surface area contributed by atoms with Crippen molar-refractivity contribution in [2.24, 2.45) is 0 Å². The van der Waals surface area contributed by atoms with Crippen LogP contribution in [0.2, 0.25) is 0 Å². The minimum absolute atomic E-state index is 0.0401. The van der Waals surface area contributed by atoms with Crippen molar-refractivity contribution in [1.29, 1.82) is 5.26 Å². The number of carbonyl (C=O) groups is 1. The third kappa shape index (κ3) is 5.99. The van der Waals surface area contributed by atoms with Crippen LogP contribution in [0.5, 0.6) is 11.5 Å². The van der Waals surface area contributed by atoms with E-state index < -0.39 is 10.8 Å². The number of rotatable bonds is 8. The number of nitriles is 1. The van der Waals surface area contributed by atoms with E-state index in [0.29, 0.717) is 28.3 Å². The third-order valence-electron chi connectivity index (χ3n) is 5.04. The zero-order valence-electron chi connectivity index (χ0n) is 19.0. The van der Waals surface area contributed by atoms with Gasteiger partial charge in [0.1, 0.15) is 29.7 Å². The summed E-state index contributed by atoms with van der Waals surface area (Å²) in [6.45, 7) is 3.83. The predicted octanol–water partition coefficient (Wildman–Crippen LogP) is 5.34. The minimum atomic E-state index is -0.545. The number of carbonyl (C=O) groups excluding carboxylic acids is 1. The van der Waals surface area contributed by atoms with E-state index in [4.69, 9.17) is 9.47 Å². The van der Waals surface area contributed by atoms with Gasteiger partial charge in [-0.2, -0.15) is 5.26 Å². The number of benzene rings is 3. The number of nitrogens with zero attached hydrogens (tertiary/aromatic N) is 2. The lowest BCUT2D eigenvalue weighted by Crippen LogP contribution is -2.14. The normalized spacial score (nSPS) is 10.8. The van der Waals surface area contributed by atoms with Crippen molar-refractivity contribution < 1.29 is 19.2 Å². The number of amides is 1. The topological polar surface area (TPSA) is 114 Å². The molecule has 0 saturated carbocycles. The van der Waals surface area contributed by atoms with E-state index in [9.17, 15) is 20.2 Å². The Kier molecular flexibility index (Phi) is 7.62. The number of non-ortho nitro benzene ring substituents is 1. The van der Waals surface area contributed by atoms with Crippen molar-refractivity contribution in [1.82, 2.24) is 0 Å². The maximum Gasteiger partial charge on any atom is 0.269 e. The Balaban J connectivity index is 1.88. The average molecular weight is 457 g/mol. The molecule has 3 rings (SSSR count). The zero-order valence-corrected chi connectivity index (χ0v) is 19.0. The lowest BCUT2D eigenvalue weighted by molar-refractivity contribution is -0.384. The highest BCUT2D eigenvalue weighted by molar-refractivity contribution is 6.10. The molecule has 0 aliphatic rings. The van der Waals surface area contributed by atoms with Crippen LogP contribution >= 0.6 is 0 Å². The van der Waals surface area contributed by atoms with Gasteiger partial charge in [0.15, 0.2) is 0 Å². The fourth-order valence-electron chi connectivity index (χ4n) is 3.17. The van der Waals surface area contributed by atoms with Gasteiger partial charge in [-0.25, -0.2) is 0 Å². The van der Waals surface area contributed by atoms with E-state index >= 15 is 0 Å². The third-order valence-corrected chi connectivity index (χ3v) is 5.04. The molecule has 1 amide bonds. The van der Waals surface area contributed by atoms with Gasteiger partial charge in [-0.05, 0) is 54.8 Å². The number of hydrogen-bond acceptors (Lipinski definition) is 6. The van der Waals surface area contributed by atoms with Crippen LogP contribution in [0, 0.1) is 35.3 Å². The highest BCUT2D eigenvalue weighted by Crippen LogP contribution is 2.28. The first-order valence-electron chi connectivity index (χ1n) is 10.3. The Morgan fingerprint density at radius 1 is 1.15 bits per heavy atom. The van der Waals surface area contributed by atoms with Crippen LogP contribution in [0.1, 0.15) is 22.3 Å². The summed E-state index contributed by atoms with van der Waals surface area (Å²) in [5.74, 6) is 0.333. The molecule has 1 N–H and O–H groups in total. The van der Waals surface area contributed by atoms with Crippen molar-refractivity contribution in [2.75, 3.05) is 12.4 Å². The van der Waals surface area contributed by atoms with Gasteiger partial charge in [-0.1, -0.05) is 24.3 Å². The van der Waals surface area contributed by atoms with Crippen molar-refractivity contribution in [3.05, 3.63) is 98.6 Å². The molecular formula is C26H23N3O5. The number of methoxy groups -OCH3 is 1. The van der Waals surface area contributed by atoms with E-state index in [0.717, 1.165) is 11.1 Å². The van der Waals surface area contributed by atoms with Crippen LogP contribution in [0.25, 0.3) is 6.08 Å². The van der Waals surface area contributed by atoms with Gasteiger partial charge in [0, 0.05) is 29.4 Å². The van der Waals surface area contributed by atoms with Crippen LogP contribution in [-0.4, -0.2) is 17.9 Å². The number of anilines is 1. The van der Waals surface area contributed by atoms with E-state index in [2.05, 4.69) is 5.32 Å². The van der Waals surface area contributed by atoms with Gasteiger partial charge in [-0.3, -0.25) is 14.9 Å². The molecule has 172 valence electrons. The molecule has 8 nitrogen and oxygen atoms in total. The summed E-state index contributed by atoms with van der Waals surface area (Å²) in [7, 11) is 1.51. The number of nitrogens with one attached hydrogen (secondary N) is 1. The first-order chi connectivity index (χ1) is 16.3. The van der Waals surface area contributed by atoms with Crippen molar-refractivity contribution in [3.63, 3.8) is 0 Å². The van der Waals surface area contributed by atoms with E-state index in [-0.39, 0.29) is 17.9 Å². The molecule has 0 saturated heterocycles. The number of ether oxygens (including phenoxy) is 2. The summed E-state index contributed by atoms with van der Waals surface area (Å²) >= 11 is 0. The SMILES string of the molecule is COc1ccc(/C=C(\C#N)C(=O)Nc2cc(C)ccc2C)c(OCc2cccc([N+](=O)[O-])c2)c1. The number of hydrogen-bond donors (Lipinski definition) is 1. The fourth-order valence-corrected chi connectivity index (χ4v) is 3.17. The van der Waals surface area contributed by atoms with Crippen molar-refractivity contribution in [3.8, 4) is 17.6 Å². The lowest BCUT2D eigenvalue weighted by atomic mass is 10.1. The smallest absolute Gasteiger partial charge is 0.269 e. The van der Waals surface area contributed by atoms with E-state index in [1.165, 1.54) is 25.3 Å². The highest BCUT2D eigenvalue weighted by atomic mass is 16.6. The molecule has 0 bridgehead atoms. The Bertz CT molecular complexity index is 1310. The van der Waals surface area contributed by atoms with Gasteiger partial charge in [-0.15, -0.1) is 0 Å². The second-order valence-corrected chi connectivity index (χ2v) is 7.56. The molecule has 0 radical (unpaired) electrons. The molecule has 3 aromatic rings. The lowest BCUT2D eigenvalue weighted by Gasteiger charge is -2.12. The van der Waals surface area contributed by atoms with Gasteiger partial charge in [0.25, 0.3) is 11.6 Å². The molecule has 8 heteroatoms. The van der Waals surface area contributed by atoms with Gasteiger partial charge >= 0.3 is 0 Å². The molecule has 0 aliphatic carbocycles. The summed E-state index contributed by atoms with van der Waals surface area (Å²) in [5.41, 5.74) is 3.42. The monoisotopic (exact) mass is 457 g/mol. The second-order valence-electron chi connectivity index (χ2n) is 7.56. The van der Waals surface area contributed by atoms with Gasteiger partial charge < -0.3 is 14.8 Å². The van der Waals surface area contributed by atoms with E-state index in [1.807, 2.05) is 38.1 Å². The van der Waals surface area contributed by atoms with Crippen molar-refractivity contribution in [2.45, 2.75) is 20.5 Å². The Morgan fingerprint density at radius 2 is 1.94 bits per heavy atom. The minimum Gasteiger partial charge on any atom is -0.497 e. The quantitative estimate of drug-likeness (QED) is 0.211. The molecule has 0 aliphatic heterocycles. The summed E-state index contributed by atoms with van der Waals surface area (Å²) < 4.78 is 11.2. The van der Waals surface area contributed by atoms with Crippen LogP contribution in [-0.2, 0) is 11.4 Å². The number of nitro benzene ring substituents is 1. The fraction of sp³-hybridized carbons (Fsp3) is 0.154. The number of aryl methyl sites for hydroxylation is 2. The summed E-state index contributed by atoms with van der Waals surface area (Å²) in [5, 5.41) is 23.4. The molecule has 0 atom stereocenters. The largest absolute Gasteiger partial charge is 0.497 e. The summed E-state index contributed by atoms with van der Waals surface area (Å²) in [6, 6.07) is 18.7. The Labute approximate surface area is 197 Å². The molecule has 0 heterocycles. The van der Waals surface area contributed by atoms with Gasteiger partial charge in [0.2, 0.25) is 0 Å². The maximum absolute atomic E-state index is 12.8. The molecule has 0 fully saturated rings. The number of nitro groups is 1. The first kappa shape index (κ1) is 24.0. The Morgan fingerprint density at radius 3 is 2.65 bits per heavy atom.